The Morgan fingerprint density at radius 2 is 1.81 bits per heavy atom. The Labute approximate surface area is 128 Å². The molecule has 0 aliphatic rings. The number of pyridine rings is 1. The minimum atomic E-state index is -0.559. The average Bonchev–Trinajstić information content (AvgIpc) is 2.41. The lowest BCUT2D eigenvalue weighted by Gasteiger charge is -2.20. The van der Waals surface area contributed by atoms with Gasteiger partial charge >= 0.3 is 0 Å². The molecule has 0 amide bonds. The van der Waals surface area contributed by atoms with E-state index < -0.39 is 11.6 Å². The number of benzene rings is 1. The lowest BCUT2D eigenvalue weighted by Crippen LogP contribution is -2.35. The highest BCUT2D eigenvalue weighted by Gasteiger charge is 2.15. The van der Waals surface area contributed by atoms with E-state index in [2.05, 4.69) is 10.3 Å². The minimum Gasteiger partial charge on any atom is -0.308 e. The van der Waals surface area contributed by atoms with E-state index in [1.807, 2.05) is 20.8 Å². The van der Waals surface area contributed by atoms with Gasteiger partial charge in [0.25, 0.3) is 0 Å². The molecule has 0 saturated carbocycles. The van der Waals surface area contributed by atoms with Crippen LogP contribution in [0.1, 0.15) is 26.3 Å². The Hall–Kier alpha value is -1.46. The van der Waals surface area contributed by atoms with Gasteiger partial charge in [0.1, 0.15) is 16.7 Å². The van der Waals surface area contributed by atoms with E-state index in [0.29, 0.717) is 17.1 Å². The van der Waals surface area contributed by atoms with Crippen LogP contribution in [0.2, 0.25) is 0 Å². The molecule has 21 heavy (non-hydrogen) atoms. The van der Waals surface area contributed by atoms with Crippen LogP contribution in [-0.2, 0) is 6.54 Å². The van der Waals surface area contributed by atoms with Crippen molar-refractivity contribution >= 4 is 11.8 Å². The summed E-state index contributed by atoms with van der Waals surface area (Å²) in [5.41, 5.74) is 0.485. The smallest absolute Gasteiger partial charge is 0.140 e. The van der Waals surface area contributed by atoms with Gasteiger partial charge in [-0.3, -0.25) is 0 Å². The highest BCUT2D eigenvalue weighted by atomic mass is 32.2. The molecule has 0 atom stereocenters. The number of nitrogens with zero attached hydrogens (tertiary/aromatic N) is 1. The molecule has 0 unspecified atom stereocenters. The SMILES string of the molecule is CC(C)(C)NCc1cc(F)c(Sc2ccccn2)c(F)c1. The van der Waals surface area contributed by atoms with E-state index in [-0.39, 0.29) is 10.4 Å². The first-order valence-corrected chi connectivity index (χ1v) is 7.48. The molecule has 5 heteroatoms. The van der Waals surface area contributed by atoms with E-state index in [1.165, 1.54) is 12.1 Å². The third-order valence-electron chi connectivity index (χ3n) is 2.73. The third-order valence-corrected chi connectivity index (χ3v) is 3.77. The summed E-state index contributed by atoms with van der Waals surface area (Å²) in [5.74, 6) is -1.12. The van der Waals surface area contributed by atoms with Crippen LogP contribution in [0.3, 0.4) is 0 Å². The molecule has 0 fully saturated rings. The Kier molecular flexibility index (Phi) is 4.96. The number of hydrogen-bond acceptors (Lipinski definition) is 3. The van der Waals surface area contributed by atoms with Gasteiger partial charge in [-0.15, -0.1) is 0 Å². The summed E-state index contributed by atoms with van der Waals surface area (Å²) < 4.78 is 28.2. The van der Waals surface area contributed by atoms with Gasteiger partial charge in [0.2, 0.25) is 0 Å². The number of nitrogens with one attached hydrogen (secondary N) is 1. The van der Waals surface area contributed by atoms with Gasteiger partial charge in [0.15, 0.2) is 0 Å². The molecule has 0 aliphatic carbocycles. The first-order chi connectivity index (χ1) is 9.85. The molecule has 1 aromatic carbocycles. The Morgan fingerprint density at radius 1 is 1.14 bits per heavy atom. The molecule has 2 aromatic rings. The summed E-state index contributed by atoms with van der Waals surface area (Å²) in [4.78, 5) is 4.04. The summed E-state index contributed by atoms with van der Waals surface area (Å²) in [6.07, 6.45) is 1.60. The molecule has 0 radical (unpaired) electrons. The van der Waals surface area contributed by atoms with E-state index >= 15 is 0 Å². The van der Waals surface area contributed by atoms with Crippen LogP contribution in [0.15, 0.2) is 46.5 Å². The fraction of sp³-hybridized carbons (Fsp3) is 0.312. The van der Waals surface area contributed by atoms with Crippen LogP contribution in [0.5, 0.6) is 0 Å². The average molecular weight is 308 g/mol. The van der Waals surface area contributed by atoms with Gasteiger partial charge < -0.3 is 5.32 Å². The second kappa shape index (κ2) is 6.54. The molecule has 1 N–H and O–H groups in total. The molecule has 0 saturated heterocycles. The van der Waals surface area contributed by atoms with Crippen molar-refractivity contribution in [3.63, 3.8) is 0 Å². The van der Waals surface area contributed by atoms with Gasteiger partial charge in [-0.25, -0.2) is 13.8 Å². The maximum Gasteiger partial charge on any atom is 0.140 e. The first-order valence-electron chi connectivity index (χ1n) is 6.67. The van der Waals surface area contributed by atoms with Crippen LogP contribution in [-0.4, -0.2) is 10.5 Å². The number of rotatable bonds is 4. The lowest BCUT2D eigenvalue weighted by molar-refractivity contribution is 0.422. The fourth-order valence-corrected chi connectivity index (χ4v) is 2.47. The quantitative estimate of drug-likeness (QED) is 0.906. The summed E-state index contributed by atoms with van der Waals surface area (Å²) in [6.45, 7) is 6.44. The van der Waals surface area contributed by atoms with Crippen molar-refractivity contribution in [1.29, 1.82) is 0 Å². The van der Waals surface area contributed by atoms with Gasteiger partial charge in [-0.05, 0) is 50.6 Å². The lowest BCUT2D eigenvalue weighted by atomic mass is 10.1. The molecular weight excluding hydrogens is 290 g/mol. The van der Waals surface area contributed by atoms with Gasteiger partial charge in [0, 0.05) is 18.3 Å². The van der Waals surface area contributed by atoms with Crippen LogP contribution in [0.25, 0.3) is 0 Å². The van der Waals surface area contributed by atoms with Crippen molar-refractivity contribution in [3.8, 4) is 0 Å². The van der Waals surface area contributed by atoms with Crippen LogP contribution in [0.4, 0.5) is 8.78 Å². The largest absolute Gasteiger partial charge is 0.308 e. The van der Waals surface area contributed by atoms with Crippen molar-refractivity contribution in [2.24, 2.45) is 0 Å². The summed E-state index contributed by atoms with van der Waals surface area (Å²) >= 11 is 0.992. The van der Waals surface area contributed by atoms with Crippen molar-refractivity contribution < 1.29 is 8.78 Å². The van der Waals surface area contributed by atoms with Crippen LogP contribution in [0, 0.1) is 11.6 Å². The van der Waals surface area contributed by atoms with Crippen molar-refractivity contribution in [2.45, 2.75) is 42.8 Å². The topological polar surface area (TPSA) is 24.9 Å². The molecule has 2 rings (SSSR count). The van der Waals surface area contributed by atoms with Crippen molar-refractivity contribution in [2.75, 3.05) is 0 Å². The van der Waals surface area contributed by atoms with E-state index in [9.17, 15) is 8.78 Å². The van der Waals surface area contributed by atoms with Gasteiger partial charge in [-0.2, -0.15) is 0 Å². The predicted octanol–water partition coefficient (Wildman–Crippen LogP) is 4.40. The molecule has 1 heterocycles. The van der Waals surface area contributed by atoms with Crippen LogP contribution < -0.4 is 5.32 Å². The Morgan fingerprint density at radius 3 is 2.33 bits per heavy atom. The van der Waals surface area contributed by atoms with E-state index in [1.54, 1.807) is 24.4 Å². The van der Waals surface area contributed by atoms with Gasteiger partial charge in [-0.1, -0.05) is 17.8 Å². The fourth-order valence-electron chi connectivity index (χ4n) is 1.69. The zero-order valence-electron chi connectivity index (χ0n) is 12.3. The highest BCUT2D eigenvalue weighted by Crippen LogP contribution is 2.31. The van der Waals surface area contributed by atoms with E-state index in [4.69, 9.17) is 0 Å². The third kappa shape index (κ3) is 4.79. The van der Waals surface area contributed by atoms with Crippen molar-refractivity contribution in [3.05, 3.63) is 53.7 Å². The Bertz CT molecular complexity index is 586. The first kappa shape index (κ1) is 15.9. The number of halogens is 2. The standard InChI is InChI=1S/C16H18F2N2S/c1-16(2,3)20-10-11-8-12(17)15(13(18)9-11)21-14-6-4-5-7-19-14/h4-9,20H,10H2,1-3H3. The zero-order valence-corrected chi connectivity index (χ0v) is 13.1. The van der Waals surface area contributed by atoms with E-state index in [0.717, 1.165) is 11.8 Å². The normalized spacial score (nSPS) is 11.7. The molecular formula is C16H18F2N2S. The molecule has 0 bridgehead atoms. The molecule has 2 nitrogen and oxygen atoms in total. The molecule has 0 aliphatic heterocycles. The second-order valence-corrected chi connectivity index (χ2v) is 6.79. The van der Waals surface area contributed by atoms with Crippen LogP contribution >= 0.6 is 11.8 Å². The highest BCUT2D eigenvalue weighted by molar-refractivity contribution is 7.99. The predicted molar refractivity (Wildman–Crippen MR) is 81.3 cm³/mol. The molecule has 0 spiro atoms. The summed E-state index contributed by atoms with van der Waals surface area (Å²) in [5, 5.41) is 3.77. The summed E-state index contributed by atoms with van der Waals surface area (Å²) in [7, 11) is 0. The minimum absolute atomic E-state index is 0.0202. The Balaban J connectivity index is 2.17. The number of hydrogen-bond donors (Lipinski definition) is 1. The maximum atomic E-state index is 14.1. The summed E-state index contributed by atoms with van der Waals surface area (Å²) in [6, 6.07) is 8.00. The zero-order chi connectivity index (χ0) is 15.5. The number of aromatic nitrogens is 1. The van der Waals surface area contributed by atoms with Gasteiger partial charge in [0.05, 0.1) is 4.90 Å². The second-order valence-electron chi connectivity index (χ2n) is 5.76. The maximum absolute atomic E-state index is 14.1. The monoisotopic (exact) mass is 308 g/mol. The molecule has 1 aromatic heterocycles. The molecule has 112 valence electrons. The van der Waals surface area contributed by atoms with Crippen molar-refractivity contribution in [1.82, 2.24) is 10.3 Å².